The Bertz CT molecular complexity index is 317. The fraction of sp³-hybridized carbons (Fsp3) is 0.667. The summed E-state index contributed by atoms with van der Waals surface area (Å²) >= 11 is 0. The summed E-state index contributed by atoms with van der Waals surface area (Å²) in [5.41, 5.74) is 5.49. The molecule has 1 aromatic heterocycles. The molecular weight excluding hydrogens is 194 g/mol. The summed E-state index contributed by atoms with van der Waals surface area (Å²) in [4.78, 5) is 11.8. The van der Waals surface area contributed by atoms with E-state index in [0.29, 0.717) is 11.9 Å². The molecule has 0 aromatic carbocycles. The summed E-state index contributed by atoms with van der Waals surface area (Å²) < 4.78 is 4.89. The molecule has 0 aliphatic rings. The second kappa shape index (κ2) is 5.33. The van der Waals surface area contributed by atoms with E-state index < -0.39 is 0 Å². The number of aromatic nitrogens is 3. The Balaban J connectivity index is 2.64. The topological polar surface area (TPSA) is 86.0 Å². The molecule has 6 heteroatoms. The number of methoxy groups -OCH3 is 1. The van der Waals surface area contributed by atoms with E-state index in [1.54, 1.807) is 0 Å². The van der Waals surface area contributed by atoms with Gasteiger partial charge in [0.2, 0.25) is 11.9 Å². The lowest BCUT2D eigenvalue weighted by molar-refractivity contribution is 0.379. The van der Waals surface area contributed by atoms with Crippen molar-refractivity contribution in [2.45, 2.75) is 20.3 Å². The summed E-state index contributed by atoms with van der Waals surface area (Å²) in [5, 5.41) is 3.09. The van der Waals surface area contributed by atoms with Gasteiger partial charge in [0.1, 0.15) is 0 Å². The first kappa shape index (κ1) is 11.5. The van der Waals surface area contributed by atoms with Gasteiger partial charge in [-0.05, 0) is 5.92 Å². The van der Waals surface area contributed by atoms with Gasteiger partial charge < -0.3 is 15.8 Å². The van der Waals surface area contributed by atoms with Gasteiger partial charge in [-0.15, -0.1) is 0 Å². The van der Waals surface area contributed by atoms with Crippen LogP contribution in [0, 0.1) is 5.92 Å². The van der Waals surface area contributed by atoms with E-state index in [-0.39, 0.29) is 12.0 Å². The highest BCUT2D eigenvalue weighted by Crippen LogP contribution is 2.09. The fourth-order valence-electron chi connectivity index (χ4n) is 0.952. The largest absolute Gasteiger partial charge is 0.467 e. The Morgan fingerprint density at radius 1 is 1.40 bits per heavy atom. The summed E-state index contributed by atoms with van der Waals surface area (Å²) in [6.45, 7) is 5.09. The summed E-state index contributed by atoms with van der Waals surface area (Å²) in [6, 6.07) is 0.231. The number of nitrogen functional groups attached to an aromatic ring is 1. The Morgan fingerprint density at radius 3 is 2.73 bits per heavy atom. The molecule has 84 valence electrons. The molecule has 0 saturated heterocycles. The molecule has 1 aromatic rings. The Morgan fingerprint density at radius 2 is 2.13 bits per heavy atom. The van der Waals surface area contributed by atoms with Crippen LogP contribution in [-0.2, 0) is 0 Å². The third-order valence-corrected chi connectivity index (χ3v) is 2.12. The van der Waals surface area contributed by atoms with Crippen molar-refractivity contribution in [1.29, 1.82) is 0 Å². The lowest BCUT2D eigenvalue weighted by Gasteiger charge is -2.10. The second-order valence-electron chi connectivity index (χ2n) is 3.40. The molecule has 0 aliphatic heterocycles. The Kier molecular flexibility index (Phi) is 4.08. The van der Waals surface area contributed by atoms with Gasteiger partial charge in [-0.2, -0.15) is 15.0 Å². The number of nitrogens with one attached hydrogen (secondary N) is 1. The smallest absolute Gasteiger partial charge is 0.322 e. The predicted molar refractivity (Wildman–Crippen MR) is 58.7 cm³/mol. The minimum absolute atomic E-state index is 0.161. The first-order chi connectivity index (χ1) is 7.15. The third kappa shape index (κ3) is 3.57. The molecule has 0 fully saturated rings. The SMILES string of the molecule is CCC(C)CNc1nc(N)nc(OC)n1. The summed E-state index contributed by atoms with van der Waals surface area (Å²) in [5.74, 6) is 1.18. The van der Waals surface area contributed by atoms with Crippen molar-refractivity contribution in [1.82, 2.24) is 15.0 Å². The van der Waals surface area contributed by atoms with E-state index in [0.717, 1.165) is 13.0 Å². The minimum Gasteiger partial charge on any atom is -0.467 e. The van der Waals surface area contributed by atoms with E-state index in [1.807, 2.05) is 0 Å². The van der Waals surface area contributed by atoms with Crippen LogP contribution in [-0.4, -0.2) is 28.6 Å². The van der Waals surface area contributed by atoms with Crippen molar-refractivity contribution >= 4 is 11.9 Å². The normalized spacial score (nSPS) is 12.2. The molecule has 3 N–H and O–H groups in total. The molecular formula is C9H17N5O. The van der Waals surface area contributed by atoms with Crippen LogP contribution in [0.2, 0.25) is 0 Å². The summed E-state index contributed by atoms with van der Waals surface area (Å²) in [7, 11) is 1.49. The monoisotopic (exact) mass is 211 g/mol. The van der Waals surface area contributed by atoms with Crippen LogP contribution in [0.4, 0.5) is 11.9 Å². The Labute approximate surface area is 89.3 Å². The van der Waals surface area contributed by atoms with E-state index in [9.17, 15) is 0 Å². The zero-order valence-electron chi connectivity index (χ0n) is 9.32. The molecule has 6 nitrogen and oxygen atoms in total. The average molecular weight is 211 g/mol. The number of ether oxygens (including phenoxy) is 1. The molecule has 0 bridgehead atoms. The molecule has 0 radical (unpaired) electrons. The van der Waals surface area contributed by atoms with E-state index >= 15 is 0 Å². The molecule has 1 heterocycles. The summed E-state index contributed by atoms with van der Waals surface area (Å²) in [6.07, 6.45) is 1.10. The number of nitrogens with two attached hydrogens (primary N) is 1. The molecule has 0 amide bonds. The van der Waals surface area contributed by atoms with Gasteiger partial charge in [0.05, 0.1) is 7.11 Å². The van der Waals surface area contributed by atoms with Crippen LogP contribution >= 0.6 is 0 Å². The van der Waals surface area contributed by atoms with Gasteiger partial charge in [-0.3, -0.25) is 0 Å². The predicted octanol–water partition coefficient (Wildman–Crippen LogP) is 0.920. The van der Waals surface area contributed by atoms with Gasteiger partial charge in [0, 0.05) is 6.54 Å². The lowest BCUT2D eigenvalue weighted by atomic mass is 10.1. The molecule has 1 rings (SSSR count). The molecule has 0 aliphatic carbocycles. The van der Waals surface area contributed by atoms with Crippen LogP contribution in [0.3, 0.4) is 0 Å². The highest BCUT2D eigenvalue weighted by molar-refractivity contribution is 5.32. The van der Waals surface area contributed by atoms with Crippen LogP contribution in [0.1, 0.15) is 20.3 Å². The van der Waals surface area contributed by atoms with Crippen molar-refractivity contribution in [3.63, 3.8) is 0 Å². The maximum atomic E-state index is 5.49. The molecule has 15 heavy (non-hydrogen) atoms. The van der Waals surface area contributed by atoms with Crippen LogP contribution in [0.25, 0.3) is 0 Å². The van der Waals surface area contributed by atoms with Gasteiger partial charge >= 0.3 is 6.01 Å². The van der Waals surface area contributed by atoms with Gasteiger partial charge in [-0.25, -0.2) is 0 Å². The number of anilines is 2. The minimum atomic E-state index is 0.161. The van der Waals surface area contributed by atoms with Gasteiger partial charge in [0.25, 0.3) is 0 Å². The Hall–Kier alpha value is -1.59. The zero-order valence-corrected chi connectivity index (χ0v) is 9.32. The number of rotatable bonds is 5. The van der Waals surface area contributed by atoms with Crippen molar-refractivity contribution in [3.05, 3.63) is 0 Å². The van der Waals surface area contributed by atoms with E-state index in [1.165, 1.54) is 7.11 Å². The van der Waals surface area contributed by atoms with Crippen LogP contribution in [0.15, 0.2) is 0 Å². The maximum absolute atomic E-state index is 5.49. The van der Waals surface area contributed by atoms with E-state index in [2.05, 4.69) is 34.1 Å². The molecule has 1 unspecified atom stereocenters. The van der Waals surface area contributed by atoms with Gasteiger partial charge in [-0.1, -0.05) is 20.3 Å². The first-order valence-electron chi connectivity index (χ1n) is 4.95. The van der Waals surface area contributed by atoms with Crippen LogP contribution in [0.5, 0.6) is 6.01 Å². The van der Waals surface area contributed by atoms with Crippen LogP contribution < -0.4 is 15.8 Å². The molecule has 0 spiro atoms. The van der Waals surface area contributed by atoms with Crippen molar-refractivity contribution in [2.24, 2.45) is 5.92 Å². The zero-order chi connectivity index (χ0) is 11.3. The fourth-order valence-corrected chi connectivity index (χ4v) is 0.952. The highest BCUT2D eigenvalue weighted by atomic mass is 16.5. The van der Waals surface area contributed by atoms with E-state index in [4.69, 9.17) is 10.5 Å². The quantitative estimate of drug-likeness (QED) is 0.753. The average Bonchev–Trinajstić information content (AvgIpc) is 2.25. The lowest BCUT2D eigenvalue weighted by Crippen LogP contribution is -2.14. The number of hydrogen-bond donors (Lipinski definition) is 2. The number of hydrogen-bond acceptors (Lipinski definition) is 6. The maximum Gasteiger partial charge on any atom is 0.322 e. The first-order valence-corrected chi connectivity index (χ1v) is 4.95. The van der Waals surface area contributed by atoms with Crippen molar-refractivity contribution in [3.8, 4) is 6.01 Å². The van der Waals surface area contributed by atoms with Gasteiger partial charge in [0.15, 0.2) is 0 Å². The molecule has 0 saturated carbocycles. The van der Waals surface area contributed by atoms with Crippen molar-refractivity contribution < 1.29 is 4.74 Å². The molecule has 1 atom stereocenters. The standard InChI is InChI=1S/C9H17N5O/c1-4-6(2)5-11-8-12-7(10)13-9(14-8)15-3/h6H,4-5H2,1-3H3,(H3,10,11,12,13,14). The second-order valence-corrected chi connectivity index (χ2v) is 3.40. The third-order valence-electron chi connectivity index (χ3n) is 2.12. The van der Waals surface area contributed by atoms with Crippen molar-refractivity contribution in [2.75, 3.05) is 24.7 Å². The number of nitrogens with zero attached hydrogens (tertiary/aromatic N) is 3. The highest BCUT2D eigenvalue weighted by Gasteiger charge is 2.05.